The zero-order chi connectivity index (χ0) is 6.85. The van der Waals surface area contributed by atoms with Crippen LogP contribution in [0.5, 0.6) is 0 Å². The summed E-state index contributed by atoms with van der Waals surface area (Å²) in [4.78, 5) is 10.7. The molecule has 1 fully saturated rings. The number of amides is 1. The van der Waals surface area contributed by atoms with E-state index in [0.717, 1.165) is 0 Å². The molecule has 0 aromatic heterocycles. The number of carbonyl (C=O) groups excluding carboxylic acids is 1. The molecule has 2 nitrogen and oxygen atoms in total. The highest BCUT2D eigenvalue weighted by molar-refractivity contribution is 5.81. The van der Waals surface area contributed by atoms with Crippen molar-refractivity contribution in [1.29, 1.82) is 0 Å². The van der Waals surface area contributed by atoms with Crippen LogP contribution in [0.1, 0.15) is 13.3 Å². The second kappa shape index (κ2) is 2.33. The van der Waals surface area contributed by atoms with Gasteiger partial charge in [-0.1, -0.05) is 0 Å². The van der Waals surface area contributed by atoms with E-state index in [0.29, 0.717) is 13.0 Å². The van der Waals surface area contributed by atoms with Gasteiger partial charge in [-0.25, -0.2) is 4.39 Å². The van der Waals surface area contributed by atoms with Crippen LogP contribution >= 0.6 is 0 Å². The Kier molecular flexibility index (Phi) is 1.69. The molecule has 3 heteroatoms. The van der Waals surface area contributed by atoms with E-state index in [9.17, 15) is 9.18 Å². The lowest BCUT2D eigenvalue weighted by atomic mass is 10.4. The second-order valence-corrected chi connectivity index (χ2v) is 2.25. The largest absolute Gasteiger partial charge is 0.356 e. The third-order valence-electron chi connectivity index (χ3n) is 1.40. The van der Waals surface area contributed by atoms with Gasteiger partial charge in [0.15, 0.2) is 0 Å². The van der Waals surface area contributed by atoms with Gasteiger partial charge in [0, 0.05) is 6.54 Å². The molecule has 0 heterocycles. The van der Waals surface area contributed by atoms with Crippen LogP contribution < -0.4 is 5.32 Å². The fourth-order valence-electron chi connectivity index (χ4n) is 0.741. The molecule has 1 saturated carbocycles. The van der Waals surface area contributed by atoms with E-state index in [2.05, 4.69) is 5.32 Å². The first kappa shape index (κ1) is 6.52. The summed E-state index contributed by atoms with van der Waals surface area (Å²) in [6, 6.07) is 0. The molecule has 9 heavy (non-hydrogen) atoms. The number of nitrogens with one attached hydrogen (secondary N) is 1. The first-order chi connectivity index (χ1) is 4.25. The molecule has 1 aliphatic carbocycles. The van der Waals surface area contributed by atoms with Gasteiger partial charge in [-0.3, -0.25) is 4.79 Å². The predicted molar refractivity (Wildman–Crippen MR) is 31.7 cm³/mol. The standard InChI is InChI=1S/C6H10FNO/c1-2-8-6(9)4-3-5(4)7/h4-5H,2-3H2,1H3,(H,8,9). The van der Waals surface area contributed by atoms with Gasteiger partial charge in [0.2, 0.25) is 5.91 Å². The van der Waals surface area contributed by atoms with E-state index in [1.54, 1.807) is 0 Å². The quantitative estimate of drug-likeness (QED) is 0.580. The molecule has 0 spiro atoms. The van der Waals surface area contributed by atoms with Crippen LogP contribution in [-0.2, 0) is 4.79 Å². The molecular formula is C6H10FNO. The zero-order valence-electron chi connectivity index (χ0n) is 5.36. The van der Waals surface area contributed by atoms with Crippen LogP contribution in [0.2, 0.25) is 0 Å². The van der Waals surface area contributed by atoms with E-state index in [1.165, 1.54) is 0 Å². The van der Waals surface area contributed by atoms with Gasteiger partial charge in [0.05, 0.1) is 5.92 Å². The van der Waals surface area contributed by atoms with Gasteiger partial charge in [-0.2, -0.15) is 0 Å². The lowest BCUT2D eigenvalue weighted by Crippen LogP contribution is -2.24. The number of hydrogen-bond donors (Lipinski definition) is 1. The van der Waals surface area contributed by atoms with Crippen molar-refractivity contribution in [3.05, 3.63) is 0 Å². The molecule has 1 amide bonds. The third kappa shape index (κ3) is 1.40. The van der Waals surface area contributed by atoms with E-state index in [1.807, 2.05) is 6.92 Å². The molecule has 2 atom stereocenters. The van der Waals surface area contributed by atoms with Crippen molar-refractivity contribution in [2.45, 2.75) is 19.5 Å². The second-order valence-electron chi connectivity index (χ2n) is 2.25. The zero-order valence-corrected chi connectivity index (χ0v) is 5.36. The van der Waals surface area contributed by atoms with Gasteiger partial charge in [-0.05, 0) is 13.3 Å². The maximum atomic E-state index is 12.1. The molecule has 1 aliphatic rings. The summed E-state index contributed by atoms with van der Waals surface area (Å²) in [5.41, 5.74) is 0. The Morgan fingerprint density at radius 1 is 1.89 bits per heavy atom. The molecule has 0 radical (unpaired) electrons. The molecule has 0 aliphatic heterocycles. The molecule has 2 unspecified atom stereocenters. The summed E-state index contributed by atoms with van der Waals surface area (Å²) in [5, 5.41) is 2.56. The highest BCUT2D eigenvalue weighted by Gasteiger charge is 2.43. The van der Waals surface area contributed by atoms with Crippen LogP contribution in [0.4, 0.5) is 4.39 Å². The minimum atomic E-state index is -0.864. The molecular weight excluding hydrogens is 121 g/mol. The minimum Gasteiger partial charge on any atom is -0.356 e. The van der Waals surface area contributed by atoms with E-state index in [4.69, 9.17) is 0 Å². The molecule has 0 aromatic carbocycles. The molecule has 1 rings (SSSR count). The Labute approximate surface area is 53.4 Å². The molecule has 52 valence electrons. The molecule has 0 aromatic rings. The van der Waals surface area contributed by atoms with Gasteiger partial charge in [0.1, 0.15) is 6.17 Å². The average Bonchev–Trinajstić information content (AvgIpc) is 2.47. The maximum Gasteiger partial charge on any atom is 0.226 e. The number of alkyl halides is 1. The summed E-state index contributed by atoms with van der Waals surface area (Å²) in [6.07, 6.45) is -0.442. The lowest BCUT2D eigenvalue weighted by Gasteiger charge is -1.96. The van der Waals surface area contributed by atoms with Gasteiger partial charge < -0.3 is 5.32 Å². The van der Waals surface area contributed by atoms with Crippen LogP contribution in [-0.4, -0.2) is 18.6 Å². The Bertz CT molecular complexity index is 126. The number of hydrogen-bond acceptors (Lipinski definition) is 1. The van der Waals surface area contributed by atoms with Crippen molar-refractivity contribution in [1.82, 2.24) is 5.32 Å². The highest BCUT2D eigenvalue weighted by atomic mass is 19.1. The minimum absolute atomic E-state index is 0.134. The molecule has 0 saturated heterocycles. The van der Waals surface area contributed by atoms with Crippen molar-refractivity contribution >= 4 is 5.91 Å². The average molecular weight is 131 g/mol. The number of rotatable bonds is 2. The SMILES string of the molecule is CCNC(=O)C1CC1F. The first-order valence-electron chi connectivity index (χ1n) is 3.17. The third-order valence-corrected chi connectivity index (χ3v) is 1.40. The topological polar surface area (TPSA) is 29.1 Å². The fraction of sp³-hybridized carbons (Fsp3) is 0.833. The van der Waals surface area contributed by atoms with Crippen LogP contribution in [0.3, 0.4) is 0 Å². The monoisotopic (exact) mass is 131 g/mol. The molecule has 1 N–H and O–H groups in total. The van der Waals surface area contributed by atoms with Crippen LogP contribution in [0.25, 0.3) is 0 Å². The summed E-state index contributed by atoms with van der Waals surface area (Å²) in [5.74, 6) is -0.463. The summed E-state index contributed by atoms with van der Waals surface area (Å²) in [6.45, 7) is 2.43. The van der Waals surface area contributed by atoms with Crippen LogP contribution in [0, 0.1) is 5.92 Å². The number of carbonyl (C=O) groups is 1. The number of halogens is 1. The highest BCUT2D eigenvalue weighted by Crippen LogP contribution is 2.33. The smallest absolute Gasteiger partial charge is 0.226 e. The predicted octanol–water partition coefficient (Wildman–Crippen LogP) is 0.480. The maximum absolute atomic E-state index is 12.1. The van der Waals surface area contributed by atoms with Crippen molar-refractivity contribution in [3.8, 4) is 0 Å². The van der Waals surface area contributed by atoms with Gasteiger partial charge >= 0.3 is 0 Å². The van der Waals surface area contributed by atoms with Crippen LogP contribution in [0.15, 0.2) is 0 Å². The van der Waals surface area contributed by atoms with E-state index < -0.39 is 6.17 Å². The fourth-order valence-corrected chi connectivity index (χ4v) is 0.741. The van der Waals surface area contributed by atoms with Gasteiger partial charge in [-0.15, -0.1) is 0 Å². The lowest BCUT2D eigenvalue weighted by molar-refractivity contribution is -0.122. The van der Waals surface area contributed by atoms with Gasteiger partial charge in [0.25, 0.3) is 0 Å². The summed E-state index contributed by atoms with van der Waals surface area (Å²) < 4.78 is 12.1. The summed E-state index contributed by atoms with van der Waals surface area (Å²) in [7, 11) is 0. The summed E-state index contributed by atoms with van der Waals surface area (Å²) >= 11 is 0. The van der Waals surface area contributed by atoms with Crippen molar-refractivity contribution in [3.63, 3.8) is 0 Å². The normalized spacial score (nSPS) is 31.8. The van der Waals surface area contributed by atoms with Crippen molar-refractivity contribution < 1.29 is 9.18 Å². The Morgan fingerprint density at radius 2 is 2.44 bits per heavy atom. The Morgan fingerprint density at radius 3 is 2.78 bits per heavy atom. The van der Waals surface area contributed by atoms with Crippen molar-refractivity contribution in [2.75, 3.05) is 6.54 Å². The van der Waals surface area contributed by atoms with E-state index in [-0.39, 0.29) is 11.8 Å². The Balaban J connectivity index is 2.20. The van der Waals surface area contributed by atoms with E-state index >= 15 is 0 Å². The first-order valence-corrected chi connectivity index (χ1v) is 3.17. The Hall–Kier alpha value is -0.600. The molecule has 0 bridgehead atoms. The van der Waals surface area contributed by atoms with Crippen molar-refractivity contribution in [2.24, 2.45) is 5.92 Å².